The normalized spacial score (nSPS) is 18.5. The average molecular weight is 228 g/mol. The third-order valence-corrected chi connectivity index (χ3v) is 3.14. The molecule has 0 radical (unpaired) electrons. The molecule has 2 N–H and O–H groups in total. The highest BCUT2D eigenvalue weighted by Gasteiger charge is 2.21. The second kappa shape index (κ2) is 3.39. The zero-order valence-corrected chi connectivity index (χ0v) is 9.47. The number of aromatic nitrogens is 2. The Bertz CT molecular complexity index is 638. The zero-order chi connectivity index (χ0) is 12.0. The molecule has 17 heavy (non-hydrogen) atoms. The van der Waals surface area contributed by atoms with Crippen LogP contribution in [0.3, 0.4) is 0 Å². The molecule has 2 heterocycles. The molecule has 1 aromatic heterocycles. The first-order chi connectivity index (χ1) is 8.20. The highest BCUT2D eigenvalue weighted by molar-refractivity contribution is 5.86. The molecule has 5 nitrogen and oxygen atoms in total. The summed E-state index contributed by atoms with van der Waals surface area (Å²) in [7, 11) is 0. The van der Waals surface area contributed by atoms with E-state index in [4.69, 9.17) is 15.7 Å². The fourth-order valence-electron chi connectivity index (χ4n) is 2.30. The quantitative estimate of drug-likeness (QED) is 0.746. The number of hydrogen-bond donors (Lipinski definition) is 1. The maximum atomic E-state index is 8.96. The number of nitrogen functional groups attached to an aromatic ring is 1. The molecule has 2 aromatic rings. The lowest BCUT2D eigenvalue weighted by molar-refractivity contribution is 0.301. The summed E-state index contributed by atoms with van der Waals surface area (Å²) in [5.41, 5.74) is 8.10. The van der Waals surface area contributed by atoms with Gasteiger partial charge < -0.3 is 15.0 Å². The van der Waals surface area contributed by atoms with Crippen molar-refractivity contribution in [2.24, 2.45) is 0 Å². The minimum atomic E-state index is 0.259. The van der Waals surface area contributed by atoms with Gasteiger partial charge in [0, 0.05) is 18.5 Å². The van der Waals surface area contributed by atoms with Crippen molar-refractivity contribution < 1.29 is 4.74 Å². The van der Waals surface area contributed by atoms with E-state index >= 15 is 0 Å². The predicted molar refractivity (Wildman–Crippen MR) is 63.7 cm³/mol. The van der Waals surface area contributed by atoms with Crippen LogP contribution in [0.4, 0.5) is 5.95 Å². The van der Waals surface area contributed by atoms with Crippen LogP contribution in [0.5, 0.6) is 5.75 Å². The van der Waals surface area contributed by atoms with Gasteiger partial charge in [0.2, 0.25) is 5.95 Å². The lowest BCUT2D eigenvalue weighted by Crippen LogP contribution is -2.08. The summed E-state index contributed by atoms with van der Waals surface area (Å²) in [6, 6.07) is 5.86. The lowest BCUT2D eigenvalue weighted by Gasteiger charge is -2.11. The smallest absolute Gasteiger partial charge is 0.201 e. The van der Waals surface area contributed by atoms with Crippen molar-refractivity contribution >= 4 is 17.0 Å². The van der Waals surface area contributed by atoms with Crippen LogP contribution in [0, 0.1) is 11.3 Å². The number of imidazole rings is 1. The SMILES string of the molecule is C[C@H]1CCOc2cc(C#N)cc3nc(N)n1c23. The fourth-order valence-corrected chi connectivity index (χ4v) is 2.30. The number of ether oxygens (including phenoxy) is 1. The van der Waals surface area contributed by atoms with Gasteiger partial charge in [-0.1, -0.05) is 0 Å². The van der Waals surface area contributed by atoms with Gasteiger partial charge in [0.05, 0.1) is 23.8 Å². The van der Waals surface area contributed by atoms with Crippen LogP contribution in [-0.4, -0.2) is 16.2 Å². The summed E-state index contributed by atoms with van der Waals surface area (Å²) in [6.45, 7) is 2.72. The summed E-state index contributed by atoms with van der Waals surface area (Å²) in [5.74, 6) is 1.18. The number of nitriles is 1. The van der Waals surface area contributed by atoms with Crippen LogP contribution in [0.15, 0.2) is 12.1 Å². The van der Waals surface area contributed by atoms with Crippen molar-refractivity contribution in [3.8, 4) is 11.8 Å². The Labute approximate surface area is 98.4 Å². The molecule has 0 unspecified atom stereocenters. The van der Waals surface area contributed by atoms with Gasteiger partial charge in [-0.3, -0.25) is 0 Å². The number of rotatable bonds is 0. The molecule has 0 saturated carbocycles. The van der Waals surface area contributed by atoms with Crippen molar-refractivity contribution in [2.75, 3.05) is 12.3 Å². The average Bonchev–Trinajstić information content (AvgIpc) is 2.54. The topological polar surface area (TPSA) is 76.9 Å². The Morgan fingerprint density at radius 3 is 3.18 bits per heavy atom. The van der Waals surface area contributed by atoms with Crippen LogP contribution < -0.4 is 10.5 Å². The van der Waals surface area contributed by atoms with Gasteiger partial charge in [0.25, 0.3) is 0 Å². The summed E-state index contributed by atoms with van der Waals surface area (Å²) in [6.07, 6.45) is 0.881. The Morgan fingerprint density at radius 1 is 1.59 bits per heavy atom. The third-order valence-electron chi connectivity index (χ3n) is 3.14. The zero-order valence-electron chi connectivity index (χ0n) is 9.47. The van der Waals surface area contributed by atoms with Crippen LogP contribution in [0.1, 0.15) is 24.9 Å². The first kappa shape index (κ1) is 9.97. The molecule has 0 saturated heterocycles. The minimum Gasteiger partial charge on any atom is -0.491 e. The molecular formula is C12H12N4O. The molecule has 1 atom stereocenters. The number of nitrogens with zero attached hydrogens (tertiary/aromatic N) is 3. The van der Waals surface area contributed by atoms with Crippen molar-refractivity contribution in [2.45, 2.75) is 19.4 Å². The largest absolute Gasteiger partial charge is 0.491 e. The van der Waals surface area contributed by atoms with Crippen molar-refractivity contribution in [1.29, 1.82) is 5.26 Å². The van der Waals surface area contributed by atoms with Gasteiger partial charge in [-0.25, -0.2) is 4.98 Å². The monoisotopic (exact) mass is 228 g/mol. The Balaban J connectivity index is 2.41. The maximum Gasteiger partial charge on any atom is 0.201 e. The number of benzene rings is 1. The highest BCUT2D eigenvalue weighted by atomic mass is 16.5. The van der Waals surface area contributed by atoms with Crippen LogP contribution in [0.25, 0.3) is 11.0 Å². The van der Waals surface area contributed by atoms with Gasteiger partial charge >= 0.3 is 0 Å². The molecule has 0 amide bonds. The summed E-state index contributed by atoms with van der Waals surface area (Å²) in [4.78, 5) is 4.30. The molecule has 0 spiro atoms. The lowest BCUT2D eigenvalue weighted by atomic mass is 10.2. The molecule has 0 bridgehead atoms. The molecule has 1 aliphatic rings. The summed E-state index contributed by atoms with van der Waals surface area (Å²) in [5, 5.41) is 8.96. The van der Waals surface area contributed by atoms with Gasteiger partial charge in [0.15, 0.2) is 0 Å². The first-order valence-electron chi connectivity index (χ1n) is 5.55. The molecule has 86 valence electrons. The van der Waals surface area contributed by atoms with E-state index < -0.39 is 0 Å². The minimum absolute atomic E-state index is 0.259. The van der Waals surface area contributed by atoms with E-state index in [1.165, 1.54) is 0 Å². The maximum absolute atomic E-state index is 8.96. The molecule has 3 rings (SSSR count). The number of nitrogens with two attached hydrogens (primary N) is 1. The van der Waals surface area contributed by atoms with E-state index in [1.54, 1.807) is 12.1 Å². The van der Waals surface area contributed by atoms with E-state index in [2.05, 4.69) is 18.0 Å². The standard InChI is InChI=1S/C12H12N4O/c1-7-2-3-17-10-5-8(6-13)4-9-11(10)16(7)12(14)15-9/h4-5,7H,2-3H2,1H3,(H2,14,15)/t7-/m0/s1. The fraction of sp³-hybridized carbons (Fsp3) is 0.333. The Kier molecular flexibility index (Phi) is 1.99. The van der Waals surface area contributed by atoms with Crippen LogP contribution in [-0.2, 0) is 0 Å². The molecule has 1 aromatic carbocycles. The van der Waals surface area contributed by atoms with Crippen molar-refractivity contribution in [3.05, 3.63) is 17.7 Å². The molecule has 5 heteroatoms. The van der Waals surface area contributed by atoms with Gasteiger partial charge in [-0.15, -0.1) is 0 Å². The van der Waals surface area contributed by atoms with Crippen LogP contribution >= 0.6 is 0 Å². The Morgan fingerprint density at radius 2 is 2.41 bits per heavy atom. The third kappa shape index (κ3) is 1.34. The summed E-state index contributed by atoms with van der Waals surface area (Å²) >= 11 is 0. The number of hydrogen-bond acceptors (Lipinski definition) is 4. The predicted octanol–water partition coefficient (Wildman–Crippen LogP) is 1.83. The van der Waals surface area contributed by atoms with E-state index in [0.29, 0.717) is 23.9 Å². The molecule has 1 aliphatic heterocycles. The van der Waals surface area contributed by atoms with Crippen molar-refractivity contribution in [1.82, 2.24) is 9.55 Å². The van der Waals surface area contributed by atoms with E-state index in [-0.39, 0.29) is 6.04 Å². The second-order valence-electron chi connectivity index (χ2n) is 4.28. The first-order valence-corrected chi connectivity index (χ1v) is 5.55. The van der Waals surface area contributed by atoms with Gasteiger partial charge in [-0.05, 0) is 13.0 Å². The number of anilines is 1. The van der Waals surface area contributed by atoms with E-state index in [1.807, 2.05) is 4.57 Å². The van der Waals surface area contributed by atoms with Crippen molar-refractivity contribution in [3.63, 3.8) is 0 Å². The van der Waals surface area contributed by atoms with E-state index in [0.717, 1.165) is 17.5 Å². The summed E-state index contributed by atoms with van der Waals surface area (Å²) < 4.78 is 7.66. The Hall–Kier alpha value is -2.22. The molecule has 0 aliphatic carbocycles. The highest BCUT2D eigenvalue weighted by Crippen LogP contribution is 2.35. The van der Waals surface area contributed by atoms with E-state index in [9.17, 15) is 0 Å². The molecular weight excluding hydrogens is 216 g/mol. The molecule has 0 fully saturated rings. The van der Waals surface area contributed by atoms with Gasteiger partial charge in [0.1, 0.15) is 11.3 Å². The second-order valence-corrected chi connectivity index (χ2v) is 4.28. The van der Waals surface area contributed by atoms with Crippen LogP contribution in [0.2, 0.25) is 0 Å². The van der Waals surface area contributed by atoms with Gasteiger partial charge in [-0.2, -0.15) is 5.26 Å².